The van der Waals surface area contributed by atoms with Gasteiger partial charge in [0.05, 0.1) is 12.7 Å². The van der Waals surface area contributed by atoms with E-state index in [9.17, 15) is 10.1 Å². The van der Waals surface area contributed by atoms with Gasteiger partial charge >= 0.3 is 5.97 Å². The lowest BCUT2D eigenvalue weighted by Crippen LogP contribution is -2.18. The summed E-state index contributed by atoms with van der Waals surface area (Å²) < 4.78 is 18.6. The molecule has 0 radical (unpaired) electrons. The van der Waals surface area contributed by atoms with Crippen LogP contribution in [-0.4, -0.2) is 34.5 Å². The summed E-state index contributed by atoms with van der Waals surface area (Å²) in [6.07, 6.45) is 5.85. The number of ether oxygens (including phenoxy) is 3. The summed E-state index contributed by atoms with van der Waals surface area (Å²) in [5, 5.41) is 20.5. The molecule has 1 aliphatic rings. The van der Waals surface area contributed by atoms with Gasteiger partial charge in [0.15, 0.2) is 23.9 Å². The monoisotopic (exact) mass is 494 g/mol. The second-order valence-corrected chi connectivity index (χ2v) is 8.75. The van der Waals surface area contributed by atoms with Gasteiger partial charge in [-0.15, -0.1) is 10.2 Å². The first-order valence-corrected chi connectivity index (χ1v) is 12.2. The van der Waals surface area contributed by atoms with E-state index in [1.165, 1.54) is 7.11 Å². The van der Waals surface area contributed by atoms with Crippen LogP contribution in [0.2, 0.25) is 0 Å². The molecule has 0 bridgehead atoms. The minimum Gasteiger partial charge on any atom is -0.493 e. The lowest BCUT2D eigenvalue weighted by atomic mass is 10.1. The van der Waals surface area contributed by atoms with E-state index < -0.39 is 5.97 Å². The molecule has 4 aromatic rings. The number of nitriles is 1. The van der Waals surface area contributed by atoms with E-state index in [4.69, 9.17) is 14.2 Å². The van der Waals surface area contributed by atoms with Gasteiger partial charge < -0.3 is 18.8 Å². The highest BCUT2D eigenvalue weighted by Crippen LogP contribution is 2.30. The summed E-state index contributed by atoms with van der Waals surface area (Å²) in [5.74, 6) is 2.14. The van der Waals surface area contributed by atoms with Crippen LogP contribution in [-0.2, 0) is 17.8 Å². The smallest absolute Gasteiger partial charge is 0.349 e. The molecule has 0 unspecified atom stereocenters. The molecule has 0 saturated carbocycles. The van der Waals surface area contributed by atoms with Crippen molar-refractivity contribution < 1.29 is 19.0 Å². The fourth-order valence-electron chi connectivity index (χ4n) is 4.41. The number of benzene rings is 3. The van der Waals surface area contributed by atoms with E-state index in [2.05, 4.69) is 16.3 Å². The Morgan fingerprint density at radius 1 is 1.03 bits per heavy atom. The van der Waals surface area contributed by atoms with Crippen LogP contribution >= 0.6 is 0 Å². The SMILES string of the molecule is COc1cc(/C=C(\C#N)c2nnc3n2CCCCC3)ccc1OC(=O)COc1ccc2ccccc2c1. The molecular weight excluding hydrogens is 468 g/mol. The molecule has 2 heterocycles. The van der Waals surface area contributed by atoms with Crippen LogP contribution in [0.3, 0.4) is 0 Å². The number of methoxy groups -OCH3 is 1. The molecule has 1 aliphatic heterocycles. The van der Waals surface area contributed by atoms with Gasteiger partial charge in [-0.05, 0) is 59.5 Å². The molecule has 0 fully saturated rings. The molecule has 8 heteroatoms. The summed E-state index contributed by atoms with van der Waals surface area (Å²) in [7, 11) is 1.50. The third-order valence-corrected chi connectivity index (χ3v) is 6.27. The van der Waals surface area contributed by atoms with E-state index in [0.717, 1.165) is 48.8 Å². The molecule has 0 atom stereocenters. The predicted molar refractivity (Wildman–Crippen MR) is 139 cm³/mol. The Morgan fingerprint density at radius 2 is 1.89 bits per heavy atom. The number of carbonyl (C=O) groups excluding carboxylic acids is 1. The first-order chi connectivity index (χ1) is 18.1. The predicted octanol–water partition coefficient (Wildman–Crippen LogP) is 5.21. The highest BCUT2D eigenvalue weighted by molar-refractivity contribution is 5.88. The molecule has 1 aromatic heterocycles. The Labute approximate surface area is 214 Å². The summed E-state index contributed by atoms with van der Waals surface area (Å²) >= 11 is 0. The van der Waals surface area contributed by atoms with Crippen LogP contribution in [0.25, 0.3) is 22.4 Å². The first kappa shape index (κ1) is 24.1. The van der Waals surface area contributed by atoms with Gasteiger partial charge in [0.25, 0.3) is 0 Å². The zero-order valence-electron chi connectivity index (χ0n) is 20.5. The van der Waals surface area contributed by atoms with Crippen LogP contribution < -0.4 is 14.2 Å². The average molecular weight is 495 g/mol. The van der Waals surface area contributed by atoms with E-state index in [1.807, 2.05) is 47.0 Å². The van der Waals surface area contributed by atoms with Gasteiger partial charge in [0, 0.05) is 13.0 Å². The summed E-state index contributed by atoms with van der Waals surface area (Å²) in [6.45, 7) is 0.551. The number of rotatable bonds is 7. The lowest BCUT2D eigenvalue weighted by molar-refractivity contribution is -0.136. The largest absolute Gasteiger partial charge is 0.493 e. The van der Waals surface area contributed by atoms with Crippen LogP contribution in [0.15, 0.2) is 60.7 Å². The van der Waals surface area contributed by atoms with Gasteiger partial charge in [-0.2, -0.15) is 5.26 Å². The van der Waals surface area contributed by atoms with Crippen molar-refractivity contribution in [3.63, 3.8) is 0 Å². The fraction of sp³-hybridized carbons (Fsp3) is 0.241. The maximum Gasteiger partial charge on any atom is 0.349 e. The minimum absolute atomic E-state index is 0.250. The number of aromatic nitrogens is 3. The van der Waals surface area contributed by atoms with E-state index in [-0.39, 0.29) is 12.4 Å². The van der Waals surface area contributed by atoms with Crippen LogP contribution in [0, 0.1) is 11.3 Å². The van der Waals surface area contributed by atoms with Crippen molar-refractivity contribution in [2.75, 3.05) is 13.7 Å². The van der Waals surface area contributed by atoms with Crippen molar-refractivity contribution in [3.8, 4) is 23.3 Å². The van der Waals surface area contributed by atoms with Crippen molar-refractivity contribution in [2.45, 2.75) is 32.2 Å². The Hall–Kier alpha value is -4.64. The molecule has 0 aliphatic carbocycles. The van der Waals surface area contributed by atoms with Crippen LogP contribution in [0.1, 0.15) is 36.5 Å². The molecule has 5 rings (SSSR count). The second-order valence-electron chi connectivity index (χ2n) is 8.75. The number of allylic oxidation sites excluding steroid dienone is 1. The number of esters is 1. The van der Waals surface area contributed by atoms with Gasteiger partial charge in [0.2, 0.25) is 0 Å². The normalized spacial score (nSPS) is 13.4. The van der Waals surface area contributed by atoms with Crippen LogP contribution in [0.5, 0.6) is 17.2 Å². The maximum absolute atomic E-state index is 12.5. The Morgan fingerprint density at radius 3 is 2.73 bits per heavy atom. The van der Waals surface area contributed by atoms with Crippen molar-refractivity contribution in [1.29, 1.82) is 5.26 Å². The zero-order valence-corrected chi connectivity index (χ0v) is 20.5. The van der Waals surface area contributed by atoms with Gasteiger partial charge in [-0.25, -0.2) is 4.79 Å². The third-order valence-electron chi connectivity index (χ3n) is 6.27. The number of hydrogen-bond donors (Lipinski definition) is 0. The average Bonchev–Trinajstić information content (AvgIpc) is 3.18. The molecule has 0 saturated heterocycles. The summed E-state index contributed by atoms with van der Waals surface area (Å²) in [5.41, 5.74) is 1.13. The molecule has 186 valence electrons. The molecule has 37 heavy (non-hydrogen) atoms. The third kappa shape index (κ3) is 5.46. The maximum atomic E-state index is 12.5. The standard InChI is InChI=1S/C29H26N4O4/c1-35-26-16-20(15-23(18-30)29-32-31-27-9-3-2-6-14-33(27)29)10-13-25(26)37-28(34)19-36-24-12-11-21-7-4-5-8-22(21)17-24/h4-5,7-8,10-13,15-17H,2-3,6,9,14,19H2,1H3/b23-15+. The Bertz CT molecular complexity index is 1520. The Kier molecular flexibility index (Phi) is 7.13. The molecule has 8 nitrogen and oxygen atoms in total. The van der Waals surface area contributed by atoms with Crippen molar-refractivity contribution >= 4 is 28.4 Å². The van der Waals surface area contributed by atoms with E-state index in [1.54, 1.807) is 24.3 Å². The fourth-order valence-corrected chi connectivity index (χ4v) is 4.41. The molecule has 0 spiro atoms. The van der Waals surface area contributed by atoms with Gasteiger partial charge in [-0.3, -0.25) is 0 Å². The van der Waals surface area contributed by atoms with E-state index >= 15 is 0 Å². The highest BCUT2D eigenvalue weighted by Gasteiger charge is 2.18. The first-order valence-electron chi connectivity index (χ1n) is 12.2. The quantitative estimate of drug-likeness (QED) is 0.197. The topological polar surface area (TPSA) is 99.3 Å². The lowest BCUT2D eigenvalue weighted by Gasteiger charge is -2.11. The number of hydrogen-bond acceptors (Lipinski definition) is 7. The summed E-state index contributed by atoms with van der Waals surface area (Å²) in [4.78, 5) is 12.5. The molecule has 0 amide bonds. The van der Waals surface area contributed by atoms with Crippen molar-refractivity contribution in [1.82, 2.24) is 14.8 Å². The molecule has 3 aromatic carbocycles. The number of nitrogens with zero attached hydrogens (tertiary/aromatic N) is 4. The van der Waals surface area contributed by atoms with Crippen molar-refractivity contribution in [3.05, 3.63) is 77.9 Å². The number of aryl methyl sites for hydroxylation is 1. The van der Waals surface area contributed by atoms with Crippen LogP contribution in [0.4, 0.5) is 0 Å². The minimum atomic E-state index is -0.557. The Balaban J connectivity index is 1.29. The number of carbonyl (C=O) groups is 1. The van der Waals surface area contributed by atoms with E-state index in [0.29, 0.717) is 28.5 Å². The zero-order chi connectivity index (χ0) is 25.6. The van der Waals surface area contributed by atoms with Gasteiger partial charge in [-0.1, -0.05) is 42.8 Å². The van der Waals surface area contributed by atoms with Gasteiger partial charge in [0.1, 0.15) is 17.6 Å². The highest BCUT2D eigenvalue weighted by atomic mass is 16.6. The number of fused-ring (bicyclic) bond motifs is 2. The molecule has 0 N–H and O–H groups in total. The second kappa shape index (κ2) is 11.0. The molecular formula is C29H26N4O4. The van der Waals surface area contributed by atoms with Crippen molar-refractivity contribution in [2.24, 2.45) is 0 Å². The summed E-state index contributed by atoms with van der Waals surface area (Å²) in [6, 6.07) is 20.9.